The van der Waals surface area contributed by atoms with E-state index in [1.54, 1.807) is 12.1 Å². The number of carbonyl (C=O) groups excluding carboxylic acids is 2. The van der Waals surface area contributed by atoms with Gasteiger partial charge in [-0.05, 0) is 37.3 Å². The third-order valence-corrected chi connectivity index (χ3v) is 4.42. The van der Waals surface area contributed by atoms with Gasteiger partial charge in [0.25, 0.3) is 5.91 Å². The highest BCUT2D eigenvalue weighted by molar-refractivity contribution is 7.22. The second-order valence-corrected chi connectivity index (χ2v) is 6.46. The fourth-order valence-electron chi connectivity index (χ4n) is 2.25. The second-order valence-electron chi connectivity index (χ2n) is 5.43. The number of nitrogens with one attached hydrogen (secondary N) is 1. The van der Waals surface area contributed by atoms with Crippen molar-refractivity contribution < 1.29 is 32.2 Å². The average molecular weight is 410 g/mol. The fourth-order valence-corrected chi connectivity index (χ4v) is 3.16. The quantitative estimate of drug-likeness (QED) is 0.493. The van der Waals surface area contributed by atoms with E-state index in [4.69, 9.17) is 9.47 Å². The normalized spacial score (nSPS) is 10.7. The maximum Gasteiger partial charge on any atom is 0.338 e. The predicted octanol–water partition coefficient (Wildman–Crippen LogP) is 3.91. The van der Waals surface area contributed by atoms with Gasteiger partial charge in [-0.15, -0.1) is 0 Å². The van der Waals surface area contributed by atoms with Crippen LogP contribution in [0, 0.1) is 17.5 Å². The van der Waals surface area contributed by atoms with Crippen molar-refractivity contribution in [3.8, 4) is 5.75 Å². The van der Waals surface area contributed by atoms with Crippen molar-refractivity contribution in [1.82, 2.24) is 4.98 Å². The number of ether oxygens (including phenoxy) is 2. The van der Waals surface area contributed by atoms with E-state index >= 15 is 0 Å². The lowest BCUT2D eigenvalue weighted by atomic mass is 10.2. The molecule has 146 valence electrons. The molecule has 0 atom stereocenters. The highest BCUT2D eigenvalue weighted by atomic mass is 32.1. The molecule has 0 unspecified atom stereocenters. The Morgan fingerprint density at radius 1 is 1.14 bits per heavy atom. The van der Waals surface area contributed by atoms with Gasteiger partial charge in [0.2, 0.25) is 0 Å². The van der Waals surface area contributed by atoms with Gasteiger partial charge in [-0.2, -0.15) is 0 Å². The number of thiazole rings is 1. The summed E-state index contributed by atoms with van der Waals surface area (Å²) in [4.78, 5) is 27.6. The van der Waals surface area contributed by atoms with Crippen molar-refractivity contribution in [2.75, 3.05) is 18.5 Å². The SMILES string of the molecule is CCOc1ccc(C(=O)OCC(=O)Nc2nc3c(F)c(F)c(F)cc3s2)cc1. The summed E-state index contributed by atoms with van der Waals surface area (Å²) in [7, 11) is 0. The van der Waals surface area contributed by atoms with Crippen LogP contribution in [0.1, 0.15) is 17.3 Å². The van der Waals surface area contributed by atoms with Gasteiger partial charge in [0.15, 0.2) is 29.2 Å². The maximum absolute atomic E-state index is 13.7. The van der Waals surface area contributed by atoms with E-state index < -0.39 is 41.5 Å². The van der Waals surface area contributed by atoms with E-state index in [2.05, 4.69) is 10.3 Å². The van der Waals surface area contributed by atoms with Crippen LogP contribution in [0.2, 0.25) is 0 Å². The molecule has 0 aliphatic heterocycles. The minimum Gasteiger partial charge on any atom is -0.494 e. The van der Waals surface area contributed by atoms with Crippen LogP contribution in [-0.2, 0) is 9.53 Å². The number of hydrogen-bond donors (Lipinski definition) is 1. The maximum atomic E-state index is 13.7. The lowest BCUT2D eigenvalue weighted by molar-refractivity contribution is -0.119. The first kappa shape index (κ1) is 19.6. The van der Waals surface area contributed by atoms with Crippen LogP contribution >= 0.6 is 11.3 Å². The molecule has 6 nitrogen and oxygen atoms in total. The molecule has 28 heavy (non-hydrogen) atoms. The van der Waals surface area contributed by atoms with Gasteiger partial charge < -0.3 is 9.47 Å². The van der Waals surface area contributed by atoms with Crippen molar-refractivity contribution in [3.63, 3.8) is 0 Å². The Morgan fingerprint density at radius 3 is 2.54 bits per heavy atom. The summed E-state index contributed by atoms with van der Waals surface area (Å²) in [5.41, 5.74) is -0.171. The van der Waals surface area contributed by atoms with E-state index in [1.807, 2.05) is 6.92 Å². The third-order valence-electron chi connectivity index (χ3n) is 3.50. The summed E-state index contributed by atoms with van der Waals surface area (Å²) >= 11 is 0.755. The van der Waals surface area contributed by atoms with E-state index in [0.717, 1.165) is 17.4 Å². The summed E-state index contributed by atoms with van der Waals surface area (Å²) in [5.74, 6) is -5.30. The van der Waals surface area contributed by atoms with Crippen LogP contribution in [0.5, 0.6) is 5.75 Å². The molecule has 0 aliphatic rings. The van der Waals surface area contributed by atoms with Gasteiger partial charge in [0.1, 0.15) is 11.3 Å². The van der Waals surface area contributed by atoms with Crippen molar-refractivity contribution in [3.05, 3.63) is 53.3 Å². The standard InChI is InChI=1S/C18H13F3N2O4S/c1-2-26-10-5-3-9(4-6-10)17(25)27-8-13(24)22-18-23-16-12(28-18)7-11(19)14(20)15(16)21/h3-7H,2,8H2,1H3,(H,22,23,24). The van der Waals surface area contributed by atoms with E-state index in [-0.39, 0.29) is 15.4 Å². The first-order valence-corrected chi connectivity index (χ1v) is 8.84. The van der Waals surface area contributed by atoms with Crippen LogP contribution in [-0.4, -0.2) is 30.1 Å². The molecule has 0 saturated carbocycles. The highest BCUT2D eigenvalue weighted by Gasteiger charge is 2.18. The first-order valence-electron chi connectivity index (χ1n) is 8.03. The predicted molar refractivity (Wildman–Crippen MR) is 96.0 cm³/mol. The third kappa shape index (κ3) is 4.22. The first-order chi connectivity index (χ1) is 13.4. The minimum absolute atomic E-state index is 0.0260. The lowest BCUT2D eigenvalue weighted by Gasteiger charge is -2.06. The molecule has 3 aromatic rings. The number of benzene rings is 2. The number of hydrogen-bond acceptors (Lipinski definition) is 6. The Bertz CT molecular complexity index is 1040. The number of nitrogens with zero attached hydrogens (tertiary/aromatic N) is 1. The second kappa shape index (κ2) is 8.26. The van der Waals surface area contributed by atoms with Gasteiger partial charge in [0.05, 0.1) is 16.9 Å². The molecular weight excluding hydrogens is 397 g/mol. The molecule has 0 aliphatic carbocycles. The van der Waals surface area contributed by atoms with Crippen molar-refractivity contribution >= 4 is 38.6 Å². The Balaban J connectivity index is 1.60. The van der Waals surface area contributed by atoms with Crippen molar-refractivity contribution in [2.45, 2.75) is 6.92 Å². The van der Waals surface area contributed by atoms with Gasteiger partial charge in [-0.1, -0.05) is 11.3 Å². The molecule has 0 saturated heterocycles. The topological polar surface area (TPSA) is 77.5 Å². The Morgan fingerprint density at radius 2 is 1.86 bits per heavy atom. The lowest BCUT2D eigenvalue weighted by Crippen LogP contribution is -2.20. The van der Waals surface area contributed by atoms with Crippen LogP contribution < -0.4 is 10.1 Å². The summed E-state index contributed by atoms with van der Waals surface area (Å²) in [6.45, 7) is 1.69. The molecule has 1 heterocycles. The monoisotopic (exact) mass is 410 g/mol. The molecule has 0 bridgehead atoms. The molecule has 1 aromatic heterocycles. The van der Waals surface area contributed by atoms with Crippen LogP contribution in [0.25, 0.3) is 10.2 Å². The van der Waals surface area contributed by atoms with Gasteiger partial charge in [-0.25, -0.2) is 22.9 Å². The molecule has 10 heteroatoms. The van der Waals surface area contributed by atoms with Crippen molar-refractivity contribution in [1.29, 1.82) is 0 Å². The van der Waals surface area contributed by atoms with E-state index in [0.29, 0.717) is 12.4 Å². The minimum atomic E-state index is -1.64. The summed E-state index contributed by atoms with van der Waals surface area (Å²) in [6, 6.07) is 6.95. The zero-order chi connectivity index (χ0) is 20.3. The Hall–Kier alpha value is -3.14. The zero-order valence-electron chi connectivity index (χ0n) is 14.4. The molecule has 1 amide bonds. The molecular formula is C18H13F3N2O4S. The number of halogens is 3. The largest absolute Gasteiger partial charge is 0.494 e. The molecule has 3 rings (SSSR count). The van der Waals surface area contributed by atoms with Crippen LogP contribution in [0.4, 0.5) is 18.3 Å². The zero-order valence-corrected chi connectivity index (χ0v) is 15.2. The number of carbonyl (C=O) groups is 2. The Kier molecular flexibility index (Phi) is 5.78. The summed E-state index contributed by atoms with van der Waals surface area (Å²) in [6.07, 6.45) is 0. The van der Waals surface area contributed by atoms with Crippen LogP contribution in [0.15, 0.2) is 30.3 Å². The van der Waals surface area contributed by atoms with Crippen molar-refractivity contribution in [2.24, 2.45) is 0 Å². The highest BCUT2D eigenvalue weighted by Crippen LogP contribution is 2.30. The van der Waals surface area contributed by atoms with Gasteiger partial charge in [-0.3, -0.25) is 10.1 Å². The molecule has 1 N–H and O–H groups in total. The number of fused-ring (bicyclic) bond motifs is 1. The van der Waals surface area contributed by atoms with E-state index in [1.165, 1.54) is 12.1 Å². The summed E-state index contributed by atoms with van der Waals surface area (Å²) in [5, 5.41) is 2.21. The number of esters is 1. The Labute approximate surface area is 160 Å². The number of amides is 1. The number of aromatic nitrogens is 1. The average Bonchev–Trinajstić information content (AvgIpc) is 3.07. The molecule has 0 fully saturated rings. The van der Waals surface area contributed by atoms with Gasteiger partial charge in [0, 0.05) is 0 Å². The smallest absolute Gasteiger partial charge is 0.338 e. The van der Waals surface area contributed by atoms with E-state index in [9.17, 15) is 22.8 Å². The number of anilines is 1. The molecule has 0 radical (unpaired) electrons. The molecule has 0 spiro atoms. The summed E-state index contributed by atoms with van der Waals surface area (Å²) < 4.78 is 50.3. The van der Waals surface area contributed by atoms with Gasteiger partial charge >= 0.3 is 5.97 Å². The van der Waals surface area contributed by atoms with Crippen LogP contribution in [0.3, 0.4) is 0 Å². The fraction of sp³-hybridized carbons (Fsp3) is 0.167. The molecule has 2 aromatic carbocycles. The number of rotatable bonds is 6.